The largest absolute Gasteiger partial charge is 0.497 e. The van der Waals surface area contributed by atoms with Crippen LogP contribution >= 0.6 is 0 Å². The first-order valence-electron chi connectivity index (χ1n) is 9.56. The van der Waals surface area contributed by atoms with E-state index < -0.39 is 5.97 Å². The molecular formula is C23H22N2O7. The van der Waals surface area contributed by atoms with Gasteiger partial charge in [-0.05, 0) is 53.6 Å². The van der Waals surface area contributed by atoms with Crippen molar-refractivity contribution < 1.29 is 33.3 Å². The number of carboxylic acid groups (broad SMARTS) is 1. The van der Waals surface area contributed by atoms with Crippen molar-refractivity contribution >= 4 is 18.1 Å². The monoisotopic (exact) mass is 438 g/mol. The second-order valence-electron chi connectivity index (χ2n) is 6.59. The van der Waals surface area contributed by atoms with Crippen LogP contribution in [0, 0.1) is 0 Å². The molecule has 0 aliphatic carbocycles. The van der Waals surface area contributed by atoms with Gasteiger partial charge in [0.25, 0.3) is 0 Å². The number of carbonyl (C=O) groups excluding carboxylic acids is 1. The highest BCUT2D eigenvalue weighted by Crippen LogP contribution is 2.28. The minimum absolute atomic E-state index is 0.0391. The van der Waals surface area contributed by atoms with Crippen LogP contribution in [0.4, 0.5) is 0 Å². The lowest BCUT2D eigenvalue weighted by Crippen LogP contribution is -2.19. The highest BCUT2D eigenvalue weighted by molar-refractivity contribution is 5.84. The topological polar surface area (TPSA) is 120 Å². The van der Waals surface area contributed by atoms with Gasteiger partial charge in [-0.3, -0.25) is 4.79 Å². The van der Waals surface area contributed by atoms with Crippen molar-refractivity contribution in [2.24, 2.45) is 5.10 Å². The summed E-state index contributed by atoms with van der Waals surface area (Å²) in [5, 5.41) is 12.9. The predicted molar refractivity (Wildman–Crippen MR) is 115 cm³/mol. The lowest BCUT2D eigenvalue weighted by atomic mass is 10.1. The van der Waals surface area contributed by atoms with E-state index in [0.717, 1.165) is 5.56 Å². The number of carbonyl (C=O) groups is 2. The van der Waals surface area contributed by atoms with Crippen LogP contribution in [0.25, 0.3) is 0 Å². The molecule has 0 spiro atoms. The lowest BCUT2D eigenvalue weighted by molar-refractivity contribution is -0.120. The van der Waals surface area contributed by atoms with Crippen molar-refractivity contribution in [1.29, 1.82) is 0 Å². The number of ether oxygens (including phenoxy) is 3. The smallest absolute Gasteiger partial charge is 0.371 e. The van der Waals surface area contributed by atoms with Crippen LogP contribution in [0.2, 0.25) is 0 Å². The van der Waals surface area contributed by atoms with Crippen molar-refractivity contribution in [1.82, 2.24) is 5.43 Å². The summed E-state index contributed by atoms with van der Waals surface area (Å²) in [4.78, 5) is 23.0. The van der Waals surface area contributed by atoms with E-state index in [0.29, 0.717) is 28.6 Å². The quantitative estimate of drug-likeness (QED) is 0.368. The third-order valence-electron chi connectivity index (χ3n) is 4.33. The van der Waals surface area contributed by atoms with Crippen LogP contribution in [-0.2, 0) is 17.8 Å². The number of methoxy groups -OCH3 is 2. The number of furan rings is 1. The molecule has 2 N–H and O–H groups in total. The number of hydrazone groups is 1. The zero-order chi connectivity index (χ0) is 22.9. The first-order chi connectivity index (χ1) is 15.5. The zero-order valence-electron chi connectivity index (χ0n) is 17.5. The maximum atomic E-state index is 12.1. The second kappa shape index (κ2) is 10.7. The average Bonchev–Trinajstić information content (AvgIpc) is 3.27. The Hall–Kier alpha value is -4.27. The van der Waals surface area contributed by atoms with Gasteiger partial charge in [0.15, 0.2) is 11.5 Å². The summed E-state index contributed by atoms with van der Waals surface area (Å²) in [6.45, 7) is 0.0391. The number of carboxylic acids is 1. The van der Waals surface area contributed by atoms with E-state index in [4.69, 9.17) is 23.7 Å². The third kappa shape index (κ3) is 6.11. The van der Waals surface area contributed by atoms with E-state index in [-0.39, 0.29) is 24.7 Å². The molecule has 3 rings (SSSR count). The van der Waals surface area contributed by atoms with Gasteiger partial charge in [0.05, 0.1) is 26.9 Å². The van der Waals surface area contributed by atoms with E-state index in [1.54, 1.807) is 31.4 Å². The van der Waals surface area contributed by atoms with Crippen molar-refractivity contribution in [2.45, 2.75) is 13.0 Å². The fourth-order valence-electron chi connectivity index (χ4n) is 2.79. The number of aromatic carboxylic acids is 1. The summed E-state index contributed by atoms with van der Waals surface area (Å²) < 4.78 is 21.3. The van der Waals surface area contributed by atoms with Crippen LogP contribution in [-0.4, -0.2) is 37.4 Å². The molecule has 0 unspecified atom stereocenters. The Kier molecular flexibility index (Phi) is 7.47. The number of hydrogen-bond acceptors (Lipinski definition) is 7. The molecule has 3 aromatic rings. The van der Waals surface area contributed by atoms with Crippen molar-refractivity contribution in [3.05, 3.63) is 77.2 Å². The van der Waals surface area contributed by atoms with Gasteiger partial charge in [0, 0.05) is 0 Å². The van der Waals surface area contributed by atoms with Crippen LogP contribution in [0.15, 0.2) is 64.1 Å². The van der Waals surface area contributed by atoms with Gasteiger partial charge in [-0.25, -0.2) is 10.2 Å². The van der Waals surface area contributed by atoms with Gasteiger partial charge in [0.1, 0.15) is 18.1 Å². The van der Waals surface area contributed by atoms with Crippen molar-refractivity contribution in [3.8, 4) is 17.2 Å². The van der Waals surface area contributed by atoms with Gasteiger partial charge in [-0.2, -0.15) is 5.10 Å². The molecule has 1 aromatic heterocycles. The highest BCUT2D eigenvalue weighted by atomic mass is 16.5. The van der Waals surface area contributed by atoms with Gasteiger partial charge in [0.2, 0.25) is 11.7 Å². The molecule has 32 heavy (non-hydrogen) atoms. The number of rotatable bonds is 10. The Balaban J connectivity index is 1.56. The summed E-state index contributed by atoms with van der Waals surface area (Å²) in [5.74, 6) is 0.377. The maximum Gasteiger partial charge on any atom is 0.371 e. The predicted octanol–water partition coefficient (Wildman–Crippen LogP) is 3.27. The van der Waals surface area contributed by atoms with Crippen molar-refractivity contribution in [2.75, 3.05) is 14.2 Å². The van der Waals surface area contributed by atoms with Gasteiger partial charge < -0.3 is 23.7 Å². The fourth-order valence-corrected chi connectivity index (χ4v) is 2.79. The number of nitrogens with one attached hydrogen (secondary N) is 1. The highest BCUT2D eigenvalue weighted by Gasteiger charge is 2.11. The molecule has 2 aromatic carbocycles. The molecule has 0 fully saturated rings. The SMILES string of the molecule is COc1cccc(CC(=O)N/N=C/c2ccc(OCc3ccc(C(=O)O)o3)c(OC)c2)c1. The molecule has 0 bridgehead atoms. The minimum atomic E-state index is -1.15. The molecule has 0 saturated heterocycles. The molecule has 9 heteroatoms. The molecule has 0 saturated carbocycles. The van der Waals surface area contributed by atoms with Crippen LogP contribution in [0.5, 0.6) is 17.2 Å². The van der Waals surface area contributed by atoms with Gasteiger partial charge in [-0.15, -0.1) is 0 Å². The van der Waals surface area contributed by atoms with Crippen LogP contribution < -0.4 is 19.6 Å². The molecule has 0 radical (unpaired) electrons. The van der Waals surface area contributed by atoms with E-state index in [2.05, 4.69) is 10.5 Å². The maximum absolute atomic E-state index is 12.1. The fraction of sp³-hybridized carbons (Fsp3) is 0.174. The van der Waals surface area contributed by atoms with Crippen molar-refractivity contribution in [3.63, 3.8) is 0 Å². The molecule has 0 atom stereocenters. The van der Waals surface area contributed by atoms with Gasteiger partial charge in [-0.1, -0.05) is 12.1 Å². The van der Waals surface area contributed by atoms with Gasteiger partial charge >= 0.3 is 5.97 Å². The Morgan fingerprint density at radius 2 is 1.91 bits per heavy atom. The summed E-state index contributed by atoms with van der Waals surface area (Å²) >= 11 is 0. The van der Waals surface area contributed by atoms with Crippen LogP contribution in [0.3, 0.4) is 0 Å². The molecular weight excluding hydrogens is 416 g/mol. The summed E-state index contributed by atoms with van der Waals surface area (Å²) in [6.07, 6.45) is 1.66. The third-order valence-corrected chi connectivity index (χ3v) is 4.33. The number of amides is 1. The molecule has 9 nitrogen and oxygen atoms in total. The minimum Gasteiger partial charge on any atom is -0.497 e. The van der Waals surface area contributed by atoms with E-state index in [9.17, 15) is 9.59 Å². The Bertz CT molecular complexity index is 1120. The summed E-state index contributed by atoms with van der Waals surface area (Å²) in [5.41, 5.74) is 3.98. The number of nitrogens with zero attached hydrogens (tertiary/aromatic N) is 1. The zero-order valence-corrected chi connectivity index (χ0v) is 17.5. The number of benzene rings is 2. The molecule has 0 aliphatic rings. The Morgan fingerprint density at radius 3 is 2.62 bits per heavy atom. The van der Waals surface area contributed by atoms with Crippen LogP contribution in [0.1, 0.15) is 27.4 Å². The summed E-state index contributed by atoms with van der Waals surface area (Å²) in [7, 11) is 3.06. The normalized spacial score (nSPS) is 10.7. The number of hydrogen-bond donors (Lipinski definition) is 2. The molecule has 0 aliphatic heterocycles. The first-order valence-corrected chi connectivity index (χ1v) is 9.56. The Morgan fingerprint density at radius 1 is 1.06 bits per heavy atom. The average molecular weight is 438 g/mol. The molecule has 166 valence electrons. The summed E-state index contributed by atoms with van der Waals surface area (Å²) in [6, 6.07) is 15.3. The standard InChI is InChI=1S/C23H22N2O7/c1-29-17-5-3-4-15(10-17)12-22(26)25-24-13-16-6-8-19(21(11-16)30-2)31-14-18-7-9-20(32-18)23(27)28/h3-11,13H,12,14H2,1-2H3,(H,25,26)(H,27,28)/b24-13+. The van der Waals surface area contributed by atoms with E-state index in [1.165, 1.54) is 25.5 Å². The lowest BCUT2D eigenvalue weighted by Gasteiger charge is -2.10. The Labute approximate surface area is 184 Å². The van der Waals surface area contributed by atoms with E-state index >= 15 is 0 Å². The molecule has 1 amide bonds. The molecule has 1 heterocycles. The second-order valence-corrected chi connectivity index (χ2v) is 6.59. The van der Waals surface area contributed by atoms with E-state index in [1.807, 2.05) is 18.2 Å². The first kappa shape index (κ1) is 22.4.